The summed E-state index contributed by atoms with van der Waals surface area (Å²) in [6.45, 7) is 0.890. The van der Waals surface area contributed by atoms with Gasteiger partial charge in [-0.15, -0.1) is 0 Å². The van der Waals surface area contributed by atoms with Gasteiger partial charge in [-0.2, -0.15) is 0 Å². The molecule has 0 bridgehead atoms. The van der Waals surface area contributed by atoms with Gasteiger partial charge in [-0.1, -0.05) is 6.42 Å². The highest BCUT2D eigenvalue weighted by molar-refractivity contribution is 5.59. The van der Waals surface area contributed by atoms with Crippen molar-refractivity contribution in [2.24, 2.45) is 17.3 Å². The maximum atomic E-state index is 10.9. The minimum absolute atomic E-state index is 0.322. The van der Waals surface area contributed by atoms with Crippen LogP contribution in [0.3, 0.4) is 0 Å². The minimum Gasteiger partial charge on any atom is -0.377 e. The molecule has 1 aliphatic heterocycles. The van der Waals surface area contributed by atoms with E-state index in [1.807, 2.05) is 0 Å². The Kier molecular flexibility index (Phi) is 1.24. The van der Waals surface area contributed by atoms with E-state index in [4.69, 9.17) is 4.74 Å². The monoisotopic (exact) mass is 166 g/mol. The predicted molar refractivity (Wildman–Crippen MR) is 43.7 cm³/mol. The van der Waals surface area contributed by atoms with Gasteiger partial charge < -0.3 is 9.53 Å². The first-order chi connectivity index (χ1) is 5.88. The van der Waals surface area contributed by atoms with E-state index >= 15 is 0 Å². The van der Waals surface area contributed by atoms with Gasteiger partial charge >= 0.3 is 0 Å². The molecule has 0 amide bonds. The smallest absolute Gasteiger partial charge is 0.124 e. The Morgan fingerprint density at radius 3 is 2.83 bits per heavy atom. The van der Waals surface area contributed by atoms with Crippen molar-refractivity contribution in [3.05, 3.63) is 0 Å². The van der Waals surface area contributed by atoms with Crippen LogP contribution in [0.2, 0.25) is 0 Å². The summed E-state index contributed by atoms with van der Waals surface area (Å²) < 4.78 is 5.68. The molecule has 0 aromatic carbocycles. The number of hydrogen-bond acceptors (Lipinski definition) is 2. The predicted octanol–water partition coefficient (Wildman–Crippen LogP) is 1.39. The van der Waals surface area contributed by atoms with Crippen LogP contribution >= 0.6 is 0 Å². The number of hydrogen-bond donors (Lipinski definition) is 0. The van der Waals surface area contributed by atoms with Crippen molar-refractivity contribution < 1.29 is 9.53 Å². The molecule has 3 rings (SSSR count). The standard InChI is InChI=1S/C10H14O2/c11-6-8-7-2-5-12-9(7)10(8)3-1-4-10/h6-9H,1-5H2/t7-,8-,9+/m1/s1. The van der Waals surface area contributed by atoms with E-state index in [-0.39, 0.29) is 0 Å². The summed E-state index contributed by atoms with van der Waals surface area (Å²) in [7, 11) is 0. The van der Waals surface area contributed by atoms with Crippen LogP contribution in [0.15, 0.2) is 0 Å². The van der Waals surface area contributed by atoms with Gasteiger partial charge in [0.1, 0.15) is 6.29 Å². The average molecular weight is 166 g/mol. The Labute approximate surface area is 72.3 Å². The number of carbonyl (C=O) groups is 1. The zero-order chi connectivity index (χ0) is 8.18. The molecule has 2 aliphatic carbocycles. The molecule has 3 aliphatic rings. The van der Waals surface area contributed by atoms with E-state index in [1.54, 1.807) is 0 Å². The maximum Gasteiger partial charge on any atom is 0.124 e. The third-order valence-corrected chi connectivity index (χ3v) is 4.26. The normalized spacial score (nSPS) is 47.8. The zero-order valence-electron chi connectivity index (χ0n) is 7.16. The molecule has 1 spiro atoms. The van der Waals surface area contributed by atoms with E-state index in [2.05, 4.69) is 0 Å². The summed E-state index contributed by atoms with van der Waals surface area (Å²) in [5, 5.41) is 0. The van der Waals surface area contributed by atoms with Gasteiger partial charge in [-0.25, -0.2) is 0 Å². The second-order valence-corrected chi connectivity index (χ2v) is 4.49. The highest BCUT2D eigenvalue weighted by Crippen LogP contribution is 2.65. The summed E-state index contributed by atoms with van der Waals surface area (Å²) in [6, 6.07) is 0. The zero-order valence-corrected chi connectivity index (χ0v) is 7.16. The van der Waals surface area contributed by atoms with Crippen LogP contribution in [-0.4, -0.2) is 19.0 Å². The lowest BCUT2D eigenvalue weighted by atomic mass is 9.44. The fourth-order valence-corrected chi connectivity index (χ4v) is 3.50. The van der Waals surface area contributed by atoms with Crippen molar-refractivity contribution in [2.75, 3.05) is 6.61 Å². The lowest BCUT2D eigenvalue weighted by molar-refractivity contribution is -0.195. The molecular formula is C10H14O2. The van der Waals surface area contributed by atoms with Gasteiger partial charge in [0.15, 0.2) is 0 Å². The van der Waals surface area contributed by atoms with Crippen LogP contribution in [0, 0.1) is 17.3 Å². The van der Waals surface area contributed by atoms with E-state index < -0.39 is 0 Å². The van der Waals surface area contributed by atoms with Gasteiger partial charge in [-0.3, -0.25) is 0 Å². The summed E-state index contributed by atoms with van der Waals surface area (Å²) in [6.07, 6.45) is 6.54. The van der Waals surface area contributed by atoms with E-state index in [0.717, 1.165) is 13.0 Å². The van der Waals surface area contributed by atoms with Gasteiger partial charge in [-0.05, 0) is 25.2 Å². The Bertz CT molecular complexity index is 220. The number of carbonyl (C=O) groups excluding carboxylic acids is 1. The molecule has 2 heteroatoms. The molecule has 0 aromatic rings. The fourth-order valence-electron chi connectivity index (χ4n) is 3.50. The number of aldehydes is 1. The first-order valence-corrected chi connectivity index (χ1v) is 4.95. The average Bonchev–Trinajstić information content (AvgIpc) is 2.32. The Morgan fingerprint density at radius 1 is 1.42 bits per heavy atom. The number of fused-ring (bicyclic) bond motifs is 2. The van der Waals surface area contributed by atoms with Crippen LogP contribution in [0.5, 0.6) is 0 Å². The largest absolute Gasteiger partial charge is 0.377 e. The molecule has 0 unspecified atom stereocenters. The van der Waals surface area contributed by atoms with Crippen molar-refractivity contribution in [1.82, 2.24) is 0 Å². The molecule has 1 heterocycles. The first-order valence-electron chi connectivity index (χ1n) is 4.95. The maximum absolute atomic E-state index is 10.9. The van der Waals surface area contributed by atoms with Crippen LogP contribution in [0.1, 0.15) is 25.7 Å². The first kappa shape index (κ1) is 7.07. The molecule has 2 nitrogen and oxygen atoms in total. The molecule has 3 atom stereocenters. The molecule has 0 aromatic heterocycles. The highest BCUT2D eigenvalue weighted by atomic mass is 16.5. The van der Waals surface area contributed by atoms with Gasteiger partial charge in [0.2, 0.25) is 0 Å². The van der Waals surface area contributed by atoms with Gasteiger partial charge in [0.25, 0.3) is 0 Å². The van der Waals surface area contributed by atoms with E-state index in [1.165, 1.54) is 25.5 Å². The molecule has 0 N–H and O–H groups in total. The topological polar surface area (TPSA) is 26.3 Å². The lowest BCUT2D eigenvalue weighted by Gasteiger charge is -2.61. The number of ether oxygens (including phenoxy) is 1. The van der Waals surface area contributed by atoms with Crippen molar-refractivity contribution in [1.29, 1.82) is 0 Å². The molecule has 0 radical (unpaired) electrons. The van der Waals surface area contributed by atoms with Crippen LogP contribution in [0.25, 0.3) is 0 Å². The third-order valence-electron chi connectivity index (χ3n) is 4.26. The lowest BCUT2D eigenvalue weighted by Crippen LogP contribution is -2.63. The van der Waals surface area contributed by atoms with Crippen LogP contribution < -0.4 is 0 Å². The Morgan fingerprint density at radius 2 is 2.25 bits per heavy atom. The van der Waals surface area contributed by atoms with Crippen molar-refractivity contribution >= 4 is 6.29 Å². The molecule has 3 fully saturated rings. The molecular weight excluding hydrogens is 152 g/mol. The molecule has 12 heavy (non-hydrogen) atoms. The fraction of sp³-hybridized carbons (Fsp3) is 0.900. The van der Waals surface area contributed by atoms with Crippen LogP contribution in [-0.2, 0) is 9.53 Å². The quantitative estimate of drug-likeness (QED) is 0.550. The van der Waals surface area contributed by atoms with Crippen molar-refractivity contribution in [3.63, 3.8) is 0 Å². The summed E-state index contributed by atoms with van der Waals surface area (Å²) in [5.74, 6) is 0.932. The molecule has 2 saturated carbocycles. The summed E-state index contributed by atoms with van der Waals surface area (Å²) in [4.78, 5) is 10.9. The van der Waals surface area contributed by atoms with Crippen molar-refractivity contribution in [2.45, 2.75) is 31.8 Å². The van der Waals surface area contributed by atoms with E-state index in [0.29, 0.717) is 23.4 Å². The van der Waals surface area contributed by atoms with Gasteiger partial charge in [0, 0.05) is 17.9 Å². The number of rotatable bonds is 1. The second kappa shape index (κ2) is 2.11. The minimum atomic E-state index is 0.322. The molecule has 1 saturated heterocycles. The van der Waals surface area contributed by atoms with Crippen molar-refractivity contribution in [3.8, 4) is 0 Å². The third kappa shape index (κ3) is 0.565. The Balaban J connectivity index is 1.88. The Hall–Kier alpha value is -0.370. The summed E-state index contributed by atoms with van der Waals surface area (Å²) >= 11 is 0. The van der Waals surface area contributed by atoms with Crippen LogP contribution in [0.4, 0.5) is 0 Å². The molecule has 66 valence electrons. The van der Waals surface area contributed by atoms with Gasteiger partial charge in [0.05, 0.1) is 6.10 Å². The SMILES string of the molecule is O=C[C@@H]1[C@H]2CCO[C@@H]2C12CCC2. The highest BCUT2D eigenvalue weighted by Gasteiger charge is 2.66. The second-order valence-electron chi connectivity index (χ2n) is 4.49. The summed E-state index contributed by atoms with van der Waals surface area (Å²) in [5.41, 5.74) is 0.322. The van der Waals surface area contributed by atoms with E-state index in [9.17, 15) is 4.79 Å².